The van der Waals surface area contributed by atoms with Gasteiger partial charge in [0.1, 0.15) is 6.04 Å². The summed E-state index contributed by atoms with van der Waals surface area (Å²) in [6, 6.07) is -1.27. The standard InChI is InChI=1S/C7H16N4O3/c8-5(6(12)13)3-1-2-4-10-7(14)11-9/h5H,1-4,8-9H2,(H,12,13)(H2,10,11,14). The van der Waals surface area contributed by atoms with Gasteiger partial charge in [-0.2, -0.15) is 0 Å². The molecule has 0 rings (SSSR count). The van der Waals surface area contributed by atoms with Crippen molar-refractivity contribution in [2.75, 3.05) is 6.54 Å². The minimum atomic E-state index is -1.00. The maximum atomic E-state index is 10.6. The Bertz CT molecular complexity index is 197. The molecule has 0 aromatic carbocycles. The van der Waals surface area contributed by atoms with Crippen molar-refractivity contribution < 1.29 is 14.7 Å². The van der Waals surface area contributed by atoms with Crippen LogP contribution in [-0.4, -0.2) is 29.7 Å². The number of aliphatic carboxylic acids is 1. The van der Waals surface area contributed by atoms with Crippen molar-refractivity contribution in [3.05, 3.63) is 0 Å². The van der Waals surface area contributed by atoms with Crippen LogP contribution >= 0.6 is 0 Å². The fourth-order valence-electron chi connectivity index (χ4n) is 0.866. The van der Waals surface area contributed by atoms with Crippen LogP contribution in [0.15, 0.2) is 0 Å². The molecule has 1 atom stereocenters. The van der Waals surface area contributed by atoms with Crippen molar-refractivity contribution >= 4 is 12.0 Å². The van der Waals surface area contributed by atoms with Gasteiger partial charge in [0, 0.05) is 6.54 Å². The van der Waals surface area contributed by atoms with E-state index in [1.54, 1.807) is 0 Å². The molecule has 0 aliphatic heterocycles. The van der Waals surface area contributed by atoms with Crippen molar-refractivity contribution in [2.24, 2.45) is 11.6 Å². The smallest absolute Gasteiger partial charge is 0.328 e. The van der Waals surface area contributed by atoms with Crippen LogP contribution in [0, 0.1) is 0 Å². The van der Waals surface area contributed by atoms with Gasteiger partial charge in [0.2, 0.25) is 0 Å². The van der Waals surface area contributed by atoms with Crippen LogP contribution in [0.1, 0.15) is 19.3 Å². The van der Waals surface area contributed by atoms with E-state index in [0.29, 0.717) is 25.8 Å². The fraction of sp³-hybridized carbons (Fsp3) is 0.714. The summed E-state index contributed by atoms with van der Waals surface area (Å²) in [5.41, 5.74) is 7.18. The molecule has 0 bridgehead atoms. The topological polar surface area (TPSA) is 130 Å². The average molecular weight is 204 g/mol. The molecule has 0 saturated carbocycles. The van der Waals surface area contributed by atoms with Crippen molar-refractivity contribution in [1.82, 2.24) is 10.7 Å². The van der Waals surface area contributed by atoms with Crippen LogP contribution in [-0.2, 0) is 4.79 Å². The molecule has 0 aromatic heterocycles. The van der Waals surface area contributed by atoms with E-state index in [1.807, 2.05) is 5.43 Å². The van der Waals surface area contributed by atoms with E-state index in [9.17, 15) is 9.59 Å². The van der Waals surface area contributed by atoms with Gasteiger partial charge in [-0.1, -0.05) is 0 Å². The highest BCUT2D eigenvalue weighted by Gasteiger charge is 2.09. The van der Waals surface area contributed by atoms with Gasteiger partial charge in [-0.05, 0) is 19.3 Å². The molecule has 0 aromatic rings. The molecule has 7 heteroatoms. The summed E-state index contributed by atoms with van der Waals surface area (Å²) in [5.74, 6) is 3.81. The Kier molecular flexibility index (Phi) is 6.42. The van der Waals surface area contributed by atoms with Crippen LogP contribution in [0.3, 0.4) is 0 Å². The monoisotopic (exact) mass is 204 g/mol. The molecule has 0 radical (unpaired) electrons. The Morgan fingerprint density at radius 1 is 1.36 bits per heavy atom. The number of hydrogen-bond acceptors (Lipinski definition) is 4. The zero-order valence-corrected chi connectivity index (χ0v) is 7.82. The zero-order chi connectivity index (χ0) is 11.0. The molecule has 0 saturated heterocycles. The number of nitrogens with two attached hydrogens (primary N) is 2. The first kappa shape index (κ1) is 12.7. The van der Waals surface area contributed by atoms with E-state index in [1.165, 1.54) is 0 Å². The molecule has 82 valence electrons. The molecule has 14 heavy (non-hydrogen) atoms. The minimum Gasteiger partial charge on any atom is -0.480 e. The van der Waals surface area contributed by atoms with Crippen molar-refractivity contribution in [2.45, 2.75) is 25.3 Å². The molecule has 0 spiro atoms. The Morgan fingerprint density at radius 2 is 2.00 bits per heavy atom. The lowest BCUT2D eigenvalue weighted by atomic mass is 10.1. The van der Waals surface area contributed by atoms with E-state index in [0.717, 1.165) is 0 Å². The lowest BCUT2D eigenvalue weighted by Gasteiger charge is -2.06. The number of amides is 2. The summed E-state index contributed by atoms with van der Waals surface area (Å²) in [6.07, 6.45) is 1.73. The number of rotatable bonds is 6. The highest BCUT2D eigenvalue weighted by atomic mass is 16.4. The van der Waals surface area contributed by atoms with E-state index >= 15 is 0 Å². The Morgan fingerprint density at radius 3 is 2.50 bits per heavy atom. The quantitative estimate of drug-likeness (QED) is 0.159. The highest BCUT2D eigenvalue weighted by Crippen LogP contribution is 1.97. The summed E-state index contributed by atoms with van der Waals surface area (Å²) in [4.78, 5) is 20.8. The van der Waals surface area contributed by atoms with Crippen LogP contribution in [0.4, 0.5) is 4.79 Å². The minimum absolute atomic E-state index is 0.404. The second kappa shape index (κ2) is 7.10. The highest BCUT2D eigenvalue weighted by molar-refractivity contribution is 5.73. The molecular weight excluding hydrogens is 188 g/mol. The van der Waals surface area contributed by atoms with Gasteiger partial charge in [0.15, 0.2) is 0 Å². The van der Waals surface area contributed by atoms with Crippen LogP contribution < -0.4 is 22.3 Å². The summed E-state index contributed by atoms with van der Waals surface area (Å²) in [5, 5.41) is 10.9. The Hall–Kier alpha value is -1.34. The molecule has 7 N–H and O–H groups in total. The van der Waals surface area contributed by atoms with E-state index < -0.39 is 18.0 Å². The van der Waals surface area contributed by atoms with Crippen molar-refractivity contribution in [3.8, 4) is 0 Å². The molecule has 0 aliphatic rings. The second-order valence-corrected chi connectivity index (χ2v) is 2.84. The molecule has 0 heterocycles. The molecule has 1 unspecified atom stereocenters. The third kappa shape index (κ3) is 6.21. The third-order valence-electron chi connectivity index (χ3n) is 1.68. The van der Waals surface area contributed by atoms with Gasteiger partial charge in [0.05, 0.1) is 0 Å². The number of unbranched alkanes of at least 4 members (excludes halogenated alkanes) is 1. The zero-order valence-electron chi connectivity index (χ0n) is 7.82. The van der Waals surface area contributed by atoms with E-state index in [4.69, 9.17) is 16.7 Å². The van der Waals surface area contributed by atoms with Gasteiger partial charge in [-0.3, -0.25) is 10.2 Å². The number of carbonyl (C=O) groups is 2. The normalized spacial score (nSPS) is 11.9. The first-order chi connectivity index (χ1) is 6.57. The molecular formula is C7H16N4O3. The predicted molar refractivity (Wildman–Crippen MR) is 50.2 cm³/mol. The summed E-state index contributed by atoms with van der Waals surface area (Å²) in [6.45, 7) is 0.454. The number of urea groups is 1. The van der Waals surface area contributed by atoms with Crippen molar-refractivity contribution in [3.63, 3.8) is 0 Å². The number of carbonyl (C=O) groups excluding carboxylic acids is 1. The van der Waals surface area contributed by atoms with Crippen molar-refractivity contribution in [1.29, 1.82) is 0 Å². The van der Waals surface area contributed by atoms with Gasteiger partial charge in [0.25, 0.3) is 0 Å². The largest absolute Gasteiger partial charge is 0.480 e. The van der Waals surface area contributed by atoms with Crippen LogP contribution in [0.2, 0.25) is 0 Å². The molecule has 0 fully saturated rings. The number of carboxylic acids is 1. The summed E-state index contributed by atoms with van der Waals surface area (Å²) in [7, 11) is 0. The molecule has 2 amide bonds. The Balaban J connectivity index is 3.30. The SMILES string of the molecule is NNC(=O)NCCCCC(N)C(=O)O. The van der Waals surface area contributed by atoms with E-state index in [-0.39, 0.29) is 0 Å². The Labute approximate surface area is 81.8 Å². The average Bonchev–Trinajstić information content (AvgIpc) is 2.16. The first-order valence-corrected chi connectivity index (χ1v) is 4.30. The number of hydrogen-bond donors (Lipinski definition) is 5. The predicted octanol–water partition coefficient (Wildman–Crippen LogP) is -1.26. The van der Waals surface area contributed by atoms with E-state index in [2.05, 4.69) is 5.32 Å². The molecule has 7 nitrogen and oxygen atoms in total. The maximum Gasteiger partial charge on any atom is 0.328 e. The third-order valence-corrected chi connectivity index (χ3v) is 1.68. The molecule has 0 aliphatic carbocycles. The number of carboxylic acid groups (broad SMARTS) is 1. The number of hydrazine groups is 1. The van der Waals surface area contributed by atoms with Gasteiger partial charge in [-0.15, -0.1) is 0 Å². The first-order valence-electron chi connectivity index (χ1n) is 4.30. The lowest BCUT2D eigenvalue weighted by Crippen LogP contribution is -2.40. The van der Waals surface area contributed by atoms with Gasteiger partial charge >= 0.3 is 12.0 Å². The van der Waals surface area contributed by atoms with Gasteiger partial charge in [-0.25, -0.2) is 10.6 Å². The lowest BCUT2D eigenvalue weighted by molar-refractivity contribution is -0.138. The number of nitrogens with one attached hydrogen (secondary N) is 2. The van der Waals surface area contributed by atoms with Crippen LogP contribution in [0.25, 0.3) is 0 Å². The fourth-order valence-corrected chi connectivity index (χ4v) is 0.866. The second-order valence-electron chi connectivity index (χ2n) is 2.84. The van der Waals surface area contributed by atoms with Gasteiger partial charge < -0.3 is 16.2 Å². The summed E-state index contributed by atoms with van der Waals surface area (Å²) < 4.78 is 0. The van der Waals surface area contributed by atoms with Crippen LogP contribution in [0.5, 0.6) is 0 Å². The maximum absolute atomic E-state index is 10.6. The summed E-state index contributed by atoms with van der Waals surface area (Å²) >= 11 is 0.